The van der Waals surface area contributed by atoms with Crippen LogP contribution >= 0.6 is 0 Å². The van der Waals surface area contributed by atoms with Crippen molar-refractivity contribution in [2.45, 2.75) is 58.9 Å². The van der Waals surface area contributed by atoms with Gasteiger partial charge in [0.25, 0.3) is 0 Å². The zero-order valence-electron chi connectivity index (χ0n) is 30.0. The van der Waals surface area contributed by atoms with Gasteiger partial charge in [-0.05, 0) is 74.7 Å². The van der Waals surface area contributed by atoms with Crippen molar-refractivity contribution in [1.29, 1.82) is 0 Å². The lowest BCUT2D eigenvalue weighted by Crippen LogP contribution is -2.60. The van der Waals surface area contributed by atoms with Gasteiger partial charge in [0.1, 0.15) is 42.6 Å². The van der Waals surface area contributed by atoms with Gasteiger partial charge in [-0.2, -0.15) is 0 Å². The Morgan fingerprint density at radius 2 is 1.67 bits per heavy atom. The van der Waals surface area contributed by atoms with Crippen molar-refractivity contribution >= 4 is 34.6 Å². The average molecular weight is 702 g/mol. The number of esters is 1. The summed E-state index contributed by atoms with van der Waals surface area (Å²) >= 11 is 0. The third-order valence-electron chi connectivity index (χ3n) is 8.13. The predicted molar refractivity (Wildman–Crippen MR) is 192 cm³/mol. The zero-order valence-corrected chi connectivity index (χ0v) is 30.0. The molecule has 0 bridgehead atoms. The zero-order chi connectivity index (χ0) is 36.4. The second-order valence-corrected chi connectivity index (χ2v) is 13.2. The first kappa shape index (κ1) is 37.0. The molecule has 4 aromatic rings. The highest BCUT2D eigenvalue weighted by molar-refractivity contribution is 5.98. The van der Waals surface area contributed by atoms with Crippen LogP contribution in [0.4, 0.5) is 10.5 Å². The van der Waals surface area contributed by atoms with Crippen molar-refractivity contribution in [2.75, 3.05) is 51.5 Å². The first-order chi connectivity index (χ1) is 24.5. The molecule has 0 aliphatic carbocycles. The van der Waals surface area contributed by atoms with Gasteiger partial charge in [-0.25, -0.2) is 4.79 Å². The third-order valence-corrected chi connectivity index (χ3v) is 8.13. The van der Waals surface area contributed by atoms with Crippen LogP contribution in [0.1, 0.15) is 39.7 Å². The Morgan fingerprint density at radius 3 is 2.41 bits per heavy atom. The van der Waals surface area contributed by atoms with E-state index in [2.05, 4.69) is 0 Å². The smallest absolute Gasteiger partial charge is 0.410 e. The number of carbonyl (C=O) groups is 3. The van der Waals surface area contributed by atoms with Gasteiger partial charge in [-0.3, -0.25) is 14.5 Å². The van der Waals surface area contributed by atoms with Crippen molar-refractivity contribution in [3.05, 3.63) is 84.6 Å². The van der Waals surface area contributed by atoms with Crippen LogP contribution in [0.5, 0.6) is 17.2 Å². The predicted octanol–water partition coefficient (Wildman–Crippen LogP) is 6.23. The van der Waals surface area contributed by atoms with Crippen molar-refractivity contribution in [3.8, 4) is 17.2 Å². The van der Waals surface area contributed by atoms with Crippen LogP contribution in [0.2, 0.25) is 0 Å². The normalized spacial score (nSPS) is 14.8. The molecule has 0 saturated carbocycles. The first-order valence-corrected chi connectivity index (χ1v) is 17.1. The lowest BCUT2D eigenvalue weighted by atomic mass is 10.1. The number of ether oxygens (including phenoxy) is 6. The fourth-order valence-corrected chi connectivity index (χ4v) is 5.78. The number of para-hydroxylation sites is 1. The Bertz CT molecular complexity index is 1780. The molecule has 1 aromatic heterocycles. The summed E-state index contributed by atoms with van der Waals surface area (Å²) in [4.78, 5) is 41.0. The van der Waals surface area contributed by atoms with E-state index >= 15 is 0 Å². The van der Waals surface area contributed by atoms with E-state index in [1.165, 1.54) is 11.8 Å². The minimum Gasteiger partial charge on any atom is -0.496 e. The molecule has 0 radical (unpaired) electrons. The Kier molecular flexibility index (Phi) is 12.4. The fraction of sp³-hybridized carbons (Fsp3) is 0.410. The number of fused-ring (bicyclic) bond motifs is 1. The Hall–Kier alpha value is -5.23. The number of nitrogens with zero attached hydrogens (tertiary/aromatic N) is 3. The van der Waals surface area contributed by atoms with Gasteiger partial charge in [0.05, 0.1) is 45.0 Å². The third kappa shape index (κ3) is 10.4. The van der Waals surface area contributed by atoms with E-state index in [0.29, 0.717) is 50.0 Å². The molecule has 51 heavy (non-hydrogen) atoms. The second kappa shape index (κ2) is 17.1. The lowest BCUT2D eigenvalue weighted by molar-refractivity contribution is -0.141. The maximum Gasteiger partial charge on any atom is 0.410 e. The summed E-state index contributed by atoms with van der Waals surface area (Å²) in [5, 5.41) is 1.01. The summed E-state index contributed by atoms with van der Waals surface area (Å²) in [7, 11) is 1.64. The molecule has 1 aliphatic rings. The fourth-order valence-electron chi connectivity index (χ4n) is 5.78. The van der Waals surface area contributed by atoms with Crippen LogP contribution in [0, 0.1) is 0 Å². The van der Waals surface area contributed by atoms with Crippen LogP contribution in [-0.4, -0.2) is 85.7 Å². The molecular weight excluding hydrogens is 654 g/mol. The maximum absolute atomic E-state index is 13.7. The number of carbonyl (C=O) groups excluding carboxylic acids is 3. The number of rotatable bonds is 15. The molecule has 3 aromatic carbocycles. The number of hydrogen-bond donors (Lipinski definition) is 0. The van der Waals surface area contributed by atoms with Crippen LogP contribution in [0.15, 0.2) is 79.0 Å². The monoisotopic (exact) mass is 701 g/mol. The minimum atomic E-state index is -0.708. The van der Waals surface area contributed by atoms with Crippen LogP contribution in [0.25, 0.3) is 10.9 Å². The molecule has 5 rings (SSSR count). The van der Waals surface area contributed by atoms with Gasteiger partial charge in [0.2, 0.25) is 5.91 Å². The Balaban J connectivity index is 1.22. The van der Waals surface area contributed by atoms with E-state index in [0.717, 1.165) is 22.2 Å². The minimum absolute atomic E-state index is 0.123. The van der Waals surface area contributed by atoms with Crippen molar-refractivity contribution in [2.24, 2.45) is 0 Å². The first-order valence-electron chi connectivity index (χ1n) is 17.1. The standard InChI is InChI=1S/C39H47N3O9/c1-28(43)48-22-19-40-18-17-29-11-14-34(23-35(29)40)50-27-32-24-41(38(45)51-39(2,3)4)25-37(44)42(32)31-12-15-33(16-13-31)49-21-8-20-47-26-30-9-6-7-10-36(30)46-5/h6-7,9-18,23,32H,8,19-22,24-27H2,1-5H3/t32-/m1/s1. The molecule has 272 valence electrons. The summed E-state index contributed by atoms with van der Waals surface area (Å²) in [6.07, 6.45) is 2.08. The topological polar surface area (TPSA) is 118 Å². The molecule has 2 amide bonds. The number of benzene rings is 3. The molecule has 2 heterocycles. The van der Waals surface area contributed by atoms with Crippen molar-refractivity contribution < 1.29 is 42.8 Å². The molecule has 12 heteroatoms. The molecule has 1 fully saturated rings. The summed E-state index contributed by atoms with van der Waals surface area (Å²) in [6.45, 7) is 9.18. The van der Waals surface area contributed by atoms with E-state index in [4.69, 9.17) is 28.4 Å². The average Bonchev–Trinajstić information content (AvgIpc) is 3.50. The SMILES string of the molecule is COc1ccccc1COCCCOc1ccc(N2C(=O)CN(C(=O)OC(C)(C)C)C[C@@H]2COc2ccc3ccn(CCOC(C)=O)c3c2)cc1. The molecule has 1 saturated heterocycles. The van der Waals surface area contributed by atoms with Crippen LogP contribution in [0.3, 0.4) is 0 Å². The lowest BCUT2D eigenvalue weighted by Gasteiger charge is -2.41. The highest BCUT2D eigenvalue weighted by Gasteiger charge is 2.38. The molecule has 1 atom stereocenters. The highest BCUT2D eigenvalue weighted by atomic mass is 16.6. The molecule has 0 spiro atoms. The van der Waals surface area contributed by atoms with Crippen LogP contribution < -0.4 is 19.1 Å². The maximum atomic E-state index is 13.7. The van der Waals surface area contributed by atoms with Gasteiger partial charge in [0.15, 0.2) is 0 Å². The number of amides is 2. The number of piperazine rings is 1. The number of aromatic nitrogens is 1. The largest absolute Gasteiger partial charge is 0.496 e. The molecule has 12 nitrogen and oxygen atoms in total. The van der Waals surface area contributed by atoms with E-state index in [1.807, 2.05) is 83.6 Å². The van der Waals surface area contributed by atoms with Crippen LogP contribution in [-0.2, 0) is 37.0 Å². The number of anilines is 1. The van der Waals surface area contributed by atoms with E-state index < -0.39 is 17.7 Å². The van der Waals surface area contributed by atoms with Gasteiger partial charge in [0, 0.05) is 43.4 Å². The number of methoxy groups -OCH3 is 1. The molecular formula is C39H47N3O9. The molecule has 0 unspecified atom stereocenters. The Morgan fingerprint density at radius 1 is 0.902 bits per heavy atom. The van der Waals surface area contributed by atoms with E-state index in [-0.39, 0.29) is 38.2 Å². The summed E-state index contributed by atoms with van der Waals surface area (Å²) in [6, 6.07) is 22.3. The molecule has 0 N–H and O–H groups in total. The van der Waals surface area contributed by atoms with Gasteiger partial charge in [-0.1, -0.05) is 18.2 Å². The highest BCUT2D eigenvalue weighted by Crippen LogP contribution is 2.28. The van der Waals surface area contributed by atoms with Gasteiger partial charge >= 0.3 is 12.1 Å². The quantitative estimate of drug-likeness (QED) is 0.105. The summed E-state index contributed by atoms with van der Waals surface area (Å²) < 4.78 is 36.1. The van der Waals surface area contributed by atoms with E-state index in [1.54, 1.807) is 32.8 Å². The van der Waals surface area contributed by atoms with Crippen molar-refractivity contribution in [3.63, 3.8) is 0 Å². The second-order valence-electron chi connectivity index (χ2n) is 13.2. The number of hydrogen-bond acceptors (Lipinski definition) is 9. The van der Waals surface area contributed by atoms with Crippen molar-refractivity contribution in [1.82, 2.24) is 9.47 Å². The van der Waals surface area contributed by atoms with Gasteiger partial charge < -0.3 is 37.9 Å². The Labute approximate surface area is 298 Å². The molecule has 1 aliphatic heterocycles. The van der Waals surface area contributed by atoms with Gasteiger partial charge in [-0.15, -0.1) is 0 Å². The summed E-state index contributed by atoms with van der Waals surface area (Å²) in [5.74, 6) is 1.49. The van der Waals surface area contributed by atoms with E-state index in [9.17, 15) is 14.4 Å². The summed E-state index contributed by atoms with van der Waals surface area (Å²) in [5.41, 5.74) is 1.87.